The summed E-state index contributed by atoms with van der Waals surface area (Å²) in [5, 5.41) is 12.8. The Morgan fingerprint density at radius 2 is 1.94 bits per heavy atom. The van der Waals surface area contributed by atoms with E-state index in [0.717, 1.165) is 25.7 Å². The van der Waals surface area contributed by atoms with Gasteiger partial charge in [-0.15, -0.1) is 0 Å². The first-order valence-electron chi connectivity index (χ1n) is 7.85. The molecule has 0 aromatic rings. The molecule has 0 radical (unpaired) electrons. The summed E-state index contributed by atoms with van der Waals surface area (Å²) in [5.41, 5.74) is 0.478. The lowest BCUT2D eigenvalue weighted by Crippen LogP contribution is -2.46. The van der Waals surface area contributed by atoms with Gasteiger partial charge in [-0.05, 0) is 37.6 Å². The molecule has 106 valence electrons. The molecule has 0 unspecified atom stereocenters. The van der Waals surface area contributed by atoms with Crippen LogP contribution < -0.4 is 5.32 Å². The van der Waals surface area contributed by atoms with Gasteiger partial charge in [-0.25, -0.2) is 0 Å². The summed E-state index contributed by atoms with van der Waals surface area (Å²) in [6, 6.07) is 0.776. The number of aliphatic hydroxyl groups excluding tert-OH is 1. The Morgan fingerprint density at radius 3 is 2.50 bits per heavy atom. The van der Waals surface area contributed by atoms with Gasteiger partial charge in [-0.2, -0.15) is 0 Å². The van der Waals surface area contributed by atoms with Crippen LogP contribution in [0.25, 0.3) is 0 Å². The Morgan fingerprint density at radius 1 is 1.22 bits per heavy atom. The Hall–Kier alpha value is -0.120. The fourth-order valence-electron chi connectivity index (χ4n) is 3.47. The predicted octanol–water partition coefficient (Wildman–Crippen LogP) is 2.00. The highest BCUT2D eigenvalue weighted by molar-refractivity contribution is 4.92. The van der Waals surface area contributed by atoms with Crippen LogP contribution in [-0.2, 0) is 0 Å². The first-order valence-corrected chi connectivity index (χ1v) is 7.85. The fourth-order valence-corrected chi connectivity index (χ4v) is 3.47. The van der Waals surface area contributed by atoms with Crippen LogP contribution in [0.15, 0.2) is 0 Å². The molecule has 0 saturated heterocycles. The lowest BCUT2D eigenvalue weighted by molar-refractivity contribution is 0.0843. The van der Waals surface area contributed by atoms with E-state index in [1.54, 1.807) is 0 Å². The molecular formula is C15H30N2O. The van der Waals surface area contributed by atoms with E-state index >= 15 is 0 Å². The van der Waals surface area contributed by atoms with Crippen LogP contribution in [0.2, 0.25) is 0 Å². The highest BCUT2D eigenvalue weighted by atomic mass is 16.3. The zero-order chi connectivity index (χ0) is 12.8. The minimum atomic E-state index is 0.313. The Balaban J connectivity index is 1.93. The van der Waals surface area contributed by atoms with Crippen molar-refractivity contribution in [3.05, 3.63) is 0 Å². The van der Waals surface area contributed by atoms with E-state index in [0.29, 0.717) is 12.0 Å². The monoisotopic (exact) mass is 254 g/mol. The SMILES string of the molecule is CCNCC1(CN(CCO)C2CC2)CCCCC1. The third-order valence-electron chi connectivity index (χ3n) is 4.65. The molecule has 18 heavy (non-hydrogen) atoms. The van der Waals surface area contributed by atoms with Crippen molar-refractivity contribution in [1.82, 2.24) is 10.2 Å². The van der Waals surface area contributed by atoms with E-state index in [2.05, 4.69) is 17.1 Å². The van der Waals surface area contributed by atoms with E-state index in [-0.39, 0.29) is 0 Å². The molecule has 2 aliphatic rings. The summed E-state index contributed by atoms with van der Waals surface area (Å²) in [5.74, 6) is 0. The summed E-state index contributed by atoms with van der Waals surface area (Å²) >= 11 is 0. The summed E-state index contributed by atoms with van der Waals surface area (Å²) in [7, 11) is 0. The van der Waals surface area contributed by atoms with Gasteiger partial charge in [0.1, 0.15) is 0 Å². The van der Waals surface area contributed by atoms with E-state index in [9.17, 15) is 5.11 Å². The van der Waals surface area contributed by atoms with Crippen LogP contribution in [-0.4, -0.2) is 48.8 Å². The molecular weight excluding hydrogens is 224 g/mol. The zero-order valence-corrected chi connectivity index (χ0v) is 12.0. The fraction of sp³-hybridized carbons (Fsp3) is 1.00. The van der Waals surface area contributed by atoms with Gasteiger partial charge in [0.15, 0.2) is 0 Å². The minimum absolute atomic E-state index is 0.313. The molecule has 3 heteroatoms. The number of nitrogens with zero attached hydrogens (tertiary/aromatic N) is 1. The van der Waals surface area contributed by atoms with Gasteiger partial charge in [0, 0.05) is 25.7 Å². The van der Waals surface area contributed by atoms with Gasteiger partial charge in [0.25, 0.3) is 0 Å². The highest BCUT2D eigenvalue weighted by Gasteiger charge is 2.37. The maximum atomic E-state index is 9.25. The Bertz CT molecular complexity index is 235. The molecule has 0 amide bonds. The predicted molar refractivity (Wildman–Crippen MR) is 75.7 cm³/mol. The van der Waals surface area contributed by atoms with Crippen LogP contribution in [0.5, 0.6) is 0 Å². The summed E-state index contributed by atoms with van der Waals surface area (Å²) in [6.07, 6.45) is 9.63. The Kier molecular flexibility index (Phi) is 5.46. The van der Waals surface area contributed by atoms with Gasteiger partial charge >= 0.3 is 0 Å². The molecule has 0 bridgehead atoms. The average molecular weight is 254 g/mol. The molecule has 2 N–H and O–H groups in total. The molecule has 2 aliphatic carbocycles. The second-order valence-electron chi connectivity index (χ2n) is 6.27. The number of hydrogen-bond acceptors (Lipinski definition) is 3. The maximum Gasteiger partial charge on any atom is 0.0558 e. The average Bonchev–Trinajstić information content (AvgIpc) is 3.22. The van der Waals surface area contributed by atoms with Crippen molar-refractivity contribution in [3.8, 4) is 0 Å². The van der Waals surface area contributed by atoms with Crippen LogP contribution in [0.4, 0.5) is 0 Å². The van der Waals surface area contributed by atoms with E-state index in [1.807, 2.05) is 0 Å². The minimum Gasteiger partial charge on any atom is -0.395 e. The molecule has 2 fully saturated rings. The normalized spacial score (nSPS) is 23.5. The van der Waals surface area contributed by atoms with Crippen molar-refractivity contribution in [1.29, 1.82) is 0 Å². The first kappa shape index (κ1) is 14.3. The van der Waals surface area contributed by atoms with Crippen LogP contribution in [0.3, 0.4) is 0 Å². The second-order valence-corrected chi connectivity index (χ2v) is 6.27. The Labute approximate surface area is 112 Å². The van der Waals surface area contributed by atoms with E-state index in [1.165, 1.54) is 51.5 Å². The molecule has 2 saturated carbocycles. The van der Waals surface area contributed by atoms with E-state index in [4.69, 9.17) is 0 Å². The summed E-state index contributed by atoms with van der Waals surface area (Å²) in [4.78, 5) is 2.56. The first-order chi connectivity index (χ1) is 8.79. The van der Waals surface area contributed by atoms with Crippen LogP contribution in [0.1, 0.15) is 51.9 Å². The number of aliphatic hydroxyl groups is 1. The number of rotatable bonds is 8. The van der Waals surface area contributed by atoms with Crippen LogP contribution in [0, 0.1) is 5.41 Å². The third-order valence-corrected chi connectivity index (χ3v) is 4.65. The number of nitrogens with one attached hydrogen (secondary N) is 1. The molecule has 2 rings (SSSR count). The van der Waals surface area contributed by atoms with Gasteiger partial charge in [-0.1, -0.05) is 26.2 Å². The molecule has 0 aromatic carbocycles. The molecule has 0 atom stereocenters. The molecule has 0 aromatic heterocycles. The van der Waals surface area contributed by atoms with Crippen molar-refractivity contribution in [2.24, 2.45) is 5.41 Å². The summed E-state index contributed by atoms with van der Waals surface area (Å²) < 4.78 is 0. The van der Waals surface area contributed by atoms with Crippen LogP contribution >= 0.6 is 0 Å². The molecule has 0 heterocycles. The lowest BCUT2D eigenvalue weighted by Gasteiger charge is -2.41. The zero-order valence-electron chi connectivity index (χ0n) is 12.0. The molecule has 0 spiro atoms. The third kappa shape index (κ3) is 3.94. The maximum absolute atomic E-state index is 9.25. The van der Waals surface area contributed by atoms with E-state index < -0.39 is 0 Å². The lowest BCUT2D eigenvalue weighted by atomic mass is 9.73. The van der Waals surface area contributed by atoms with Gasteiger partial charge < -0.3 is 10.4 Å². The molecule has 3 nitrogen and oxygen atoms in total. The topological polar surface area (TPSA) is 35.5 Å². The smallest absolute Gasteiger partial charge is 0.0558 e. The quantitative estimate of drug-likeness (QED) is 0.695. The van der Waals surface area contributed by atoms with Crippen molar-refractivity contribution in [3.63, 3.8) is 0 Å². The van der Waals surface area contributed by atoms with Gasteiger partial charge in [-0.3, -0.25) is 4.90 Å². The van der Waals surface area contributed by atoms with Crippen molar-refractivity contribution < 1.29 is 5.11 Å². The number of hydrogen-bond donors (Lipinski definition) is 2. The van der Waals surface area contributed by atoms with Crippen molar-refractivity contribution in [2.75, 3.05) is 32.8 Å². The largest absolute Gasteiger partial charge is 0.395 e. The van der Waals surface area contributed by atoms with Crippen molar-refractivity contribution >= 4 is 0 Å². The standard InChI is InChI=1S/C15H30N2O/c1-2-16-12-15(8-4-3-5-9-15)13-17(10-11-18)14-6-7-14/h14,16,18H,2-13H2,1H3. The highest BCUT2D eigenvalue weighted by Crippen LogP contribution is 2.39. The molecule has 0 aliphatic heterocycles. The summed E-state index contributed by atoms with van der Waals surface area (Å²) in [6.45, 7) is 6.82. The second kappa shape index (κ2) is 6.88. The van der Waals surface area contributed by atoms with Gasteiger partial charge in [0.05, 0.1) is 6.61 Å². The van der Waals surface area contributed by atoms with Crippen molar-refractivity contribution in [2.45, 2.75) is 57.9 Å². The van der Waals surface area contributed by atoms with Gasteiger partial charge in [0.2, 0.25) is 0 Å².